The zero-order valence-corrected chi connectivity index (χ0v) is 7.00. The molecular weight excluding hydrogens is 153 g/mol. The van der Waals surface area contributed by atoms with Crippen molar-refractivity contribution in [3.8, 4) is 0 Å². The van der Waals surface area contributed by atoms with E-state index in [2.05, 4.69) is 0 Å². The molecule has 1 rings (SSSR count). The van der Waals surface area contributed by atoms with Gasteiger partial charge in [0.2, 0.25) is 0 Å². The average Bonchev–Trinajstić information content (AvgIpc) is 2.36. The third-order valence-corrected chi connectivity index (χ3v) is 3.38. The van der Waals surface area contributed by atoms with E-state index < -0.39 is 11.6 Å². The van der Waals surface area contributed by atoms with Crippen molar-refractivity contribution in [1.29, 1.82) is 0 Å². The summed E-state index contributed by atoms with van der Waals surface area (Å²) in [5, 5.41) is 0. The molecule has 0 radical (unpaired) electrons. The summed E-state index contributed by atoms with van der Waals surface area (Å²) in [4.78, 5) is 0. The fraction of sp³-hybridized carbons (Fsp3) is 1.00. The highest BCUT2D eigenvalue weighted by Crippen LogP contribution is 2.68. The highest BCUT2D eigenvalue weighted by molar-refractivity contribution is 5.09. The molecule has 0 bridgehead atoms. The van der Waals surface area contributed by atoms with Crippen molar-refractivity contribution < 1.29 is 13.2 Å². The van der Waals surface area contributed by atoms with E-state index >= 15 is 0 Å². The second-order valence-electron chi connectivity index (χ2n) is 3.47. The van der Waals surface area contributed by atoms with Crippen LogP contribution in [0.15, 0.2) is 0 Å². The van der Waals surface area contributed by atoms with Crippen molar-refractivity contribution in [3.05, 3.63) is 0 Å². The normalized spacial score (nSPS) is 44.2. The molecule has 0 aromatic heterocycles. The first-order valence-corrected chi connectivity index (χ1v) is 3.94. The van der Waals surface area contributed by atoms with Gasteiger partial charge in [-0.3, -0.25) is 0 Å². The van der Waals surface area contributed by atoms with Gasteiger partial charge in [-0.2, -0.15) is 13.2 Å². The Labute approximate surface area is 64.8 Å². The van der Waals surface area contributed by atoms with Crippen LogP contribution in [0.1, 0.15) is 27.2 Å². The molecule has 2 unspecified atom stereocenters. The van der Waals surface area contributed by atoms with Gasteiger partial charge >= 0.3 is 6.18 Å². The Balaban J connectivity index is 2.82. The topological polar surface area (TPSA) is 0 Å². The first-order valence-electron chi connectivity index (χ1n) is 3.94. The zero-order chi connectivity index (χ0) is 8.86. The summed E-state index contributed by atoms with van der Waals surface area (Å²) < 4.78 is 37.2. The summed E-state index contributed by atoms with van der Waals surface area (Å²) in [6.07, 6.45) is -3.78. The second kappa shape index (κ2) is 2.14. The van der Waals surface area contributed by atoms with E-state index in [-0.39, 0.29) is 18.3 Å². The Hall–Kier alpha value is -0.210. The van der Waals surface area contributed by atoms with Gasteiger partial charge in [-0.05, 0) is 18.3 Å². The fourth-order valence-electron chi connectivity index (χ4n) is 2.22. The van der Waals surface area contributed by atoms with Crippen LogP contribution in [0.2, 0.25) is 0 Å². The SMILES string of the molecule is CCC1(C(F)(F)F)C(C)C1C. The number of alkyl halides is 3. The largest absolute Gasteiger partial charge is 0.395 e. The molecule has 0 heterocycles. The first kappa shape index (κ1) is 8.88. The Morgan fingerprint density at radius 3 is 1.55 bits per heavy atom. The van der Waals surface area contributed by atoms with Crippen molar-refractivity contribution in [2.45, 2.75) is 33.4 Å². The van der Waals surface area contributed by atoms with Gasteiger partial charge in [-0.25, -0.2) is 0 Å². The molecule has 0 aliphatic heterocycles. The van der Waals surface area contributed by atoms with Gasteiger partial charge in [0.1, 0.15) is 0 Å². The third kappa shape index (κ3) is 0.893. The molecule has 1 fully saturated rings. The Bertz CT molecular complexity index is 151. The van der Waals surface area contributed by atoms with Crippen LogP contribution in [0.25, 0.3) is 0 Å². The Morgan fingerprint density at radius 1 is 1.18 bits per heavy atom. The van der Waals surface area contributed by atoms with Crippen molar-refractivity contribution in [2.24, 2.45) is 17.3 Å². The van der Waals surface area contributed by atoms with Crippen LogP contribution in [0.4, 0.5) is 13.2 Å². The summed E-state index contributed by atoms with van der Waals surface area (Å²) in [6, 6.07) is 0. The smallest absolute Gasteiger partial charge is 0.170 e. The molecular formula is C8H13F3. The lowest BCUT2D eigenvalue weighted by Gasteiger charge is -2.18. The molecule has 0 saturated heterocycles. The predicted octanol–water partition coefficient (Wildman–Crippen LogP) is 3.23. The van der Waals surface area contributed by atoms with Crippen LogP contribution in [0, 0.1) is 17.3 Å². The molecule has 66 valence electrons. The first-order chi connectivity index (χ1) is 4.88. The van der Waals surface area contributed by atoms with E-state index in [9.17, 15) is 13.2 Å². The van der Waals surface area contributed by atoms with Crippen LogP contribution < -0.4 is 0 Å². The van der Waals surface area contributed by atoms with Gasteiger partial charge in [-0.15, -0.1) is 0 Å². The number of halogens is 3. The van der Waals surface area contributed by atoms with Crippen LogP contribution >= 0.6 is 0 Å². The van der Waals surface area contributed by atoms with Crippen molar-refractivity contribution in [2.75, 3.05) is 0 Å². The van der Waals surface area contributed by atoms with Crippen molar-refractivity contribution >= 4 is 0 Å². The standard InChI is InChI=1S/C8H13F3/c1-4-7(8(9,10)11)5(2)6(7)3/h5-6H,4H2,1-3H3. The Morgan fingerprint density at radius 2 is 1.55 bits per heavy atom. The van der Waals surface area contributed by atoms with Crippen molar-refractivity contribution in [1.82, 2.24) is 0 Å². The van der Waals surface area contributed by atoms with E-state index in [1.165, 1.54) is 0 Å². The maximum absolute atomic E-state index is 12.4. The van der Waals surface area contributed by atoms with Gasteiger partial charge < -0.3 is 0 Å². The molecule has 0 N–H and O–H groups in total. The minimum Gasteiger partial charge on any atom is -0.170 e. The van der Waals surface area contributed by atoms with Crippen LogP contribution in [0.5, 0.6) is 0 Å². The molecule has 1 saturated carbocycles. The molecule has 2 atom stereocenters. The summed E-state index contributed by atoms with van der Waals surface area (Å²) in [5.74, 6) is -0.375. The predicted molar refractivity (Wildman–Crippen MR) is 37.1 cm³/mol. The zero-order valence-electron chi connectivity index (χ0n) is 7.00. The van der Waals surface area contributed by atoms with E-state index in [0.717, 1.165) is 0 Å². The Kier molecular flexibility index (Phi) is 1.73. The highest BCUT2D eigenvalue weighted by Gasteiger charge is 2.72. The second-order valence-corrected chi connectivity index (χ2v) is 3.47. The number of hydrogen-bond donors (Lipinski definition) is 0. The van der Waals surface area contributed by atoms with Crippen LogP contribution in [-0.4, -0.2) is 6.18 Å². The van der Waals surface area contributed by atoms with Crippen molar-refractivity contribution in [3.63, 3.8) is 0 Å². The van der Waals surface area contributed by atoms with Gasteiger partial charge in [0.25, 0.3) is 0 Å². The van der Waals surface area contributed by atoms with E-state index in [1.807, 2.05) is 0 Å². The summed E-state index contributed by atoms with van der Waals surface area (Å²) >= 11 is 0. The molecule has 3 heteroatoms. The molecule has 0 nitrogen and oxygen atoms in total. The van der Waals surface area contributed by atoms with Gasteiger partial charge in [0.05, 0.1) is 5.41 Å². The van der Waals surface area contributed by atoms with E-state index in [1.54, 1.807) is 20.8 Å². The highest BCUT2D eigenvalue weighted by atomic mass is 19.4. The molecule has 0 spiro atoms. The molecule has 11 heavy (non-hydrogen) atoms. The van der Waals surface area contributed by atoms with Gasteiger partial charge in [0, 0.05) is 0 Å². The average molecular weight is 166 g/mol. The lowest BCUT2D eigenvalue weighted by molar-refractivity contribution is -0.196. The number of rotatable bonds is 1. The lowest BCUT2D eigenvalue weighted by atomic mass is 9.98. The molecule has 0 aromatic rings. The number of hydrogen-bond acceptors (Lipinski definition) is 0. The lowest BCUT2D eigenvalue weighted by Crippen LogP contribution is -2.26. The third-order valence-electron chi connectivity index (χ3n) is 3.38. The minimum atomic E-state index is -4.00. The molecule has 0 aromatic carbocycles. The quantitative estimate of drug-likeness (QED) is 0.561. The minimum absolute atomic E-state index is 0.188. The fourth-order valence-corrected chi connectivity index (χ4v) is 2.22. The molecule has 1 aliphatic rings. The monoisotopic (exact) mass is 166 g/mol. The summed E-state index contributed by atoms with van der Waals surface area (Å²) in [6.45, 7) is 4.98. The molecule has 1 aliphatic carbocycles. The van der Waals surface area contributed by atoms with Gasteiger partial charge in [0.15, 0.2) is 0 Å². The van der Waals surface area contributed by atoms with Crippen LogP contribution in [-0.2, 0) is 0 Å². The van der Waals surface area contributed by atoms with Gasteiger partial charge in [-0.1, -0.05) is 20.8 Å². The van der Waals surface area contributed by atoms with Crippen LogP contribution in [0.3, 0.4) is 0 Å². The maximum atomic E-state index is 12.4. The molecule has 0 amide bonds. The van der Waals surface area contributed by atoms with E-state index in [4.69, 9.17) is 0 Å². The maximum Gasteiger partial charge on any atom is 0.395 e. The summed E-state index contributed by atoms with van der Waals surface area (Å²) in [5.41, 5.74) is -1.35. The summed E-state index contributed by atoms with van der Waals surface area (Å²) in [7, 11) is 0. The van der Waals surface area contributed by atoms with E-state index in [0.29, 0.717) is 0 Å².